The van der Waals surface area contributed by atoms with Gasteiger partial charge < -0.3 is 15.5 Å². The van der Waals surface area contributed by atoms with Gasteiger partial charge in [-0.1, -0.05) is 60.7 Å². The van der Waals surface area contributed by atoms with Crippen molar-refractivity contribution >= 4 is 17.3 Å². The van der Waals surface area contributed by atoms with Crippen molar-refractivity contribution in [2.75, 3.05) is 27.2 Å². The van der Waals surface area contributed by atoms with Crippen molar-refractivity contribution in [2.45, 2.75) is 18.9 Å². The number of nitrogens with one attached hydrogen (secondary N) is 2. The number of hydrogen-bond donors (Lipinski definition) is 2. The molecule has 0 aliphatic rings. The van der Waals surface area contributed by atoms with Crippen LogP contribution in [-0.2, 0) is 12.8 Å². The summed E-state index contributed by atoms with van der Waals surface area (Å²) >= 11 is 5.40. The monoisotopic (exact) mass is 341 g/mol. The van der Waals surface area contributed by atoms with E-state index in [9.17, 15) is 0 Å². The van der Waals surface area contributed by atoms with Crippen LogP contribution in [-0.4, -0.2) is 43.2 Å². The van der Waals surface area contributed by atoms with E-state index in [2.05, 4.69) is 84.2 Å². The minimum Gasteiger partial charge on any atom is -0.362 e. The van der Waals surface area contributed by atoms with Crippen LogP contribution in [0.1, 0.15) is 11.1 Å². The second-order valence-electron chi connectivity index (χ2n) is 6.18. The topological polar surface area (TPSA) is 27.3 Å². The highest BCUT2D eigenvalue weighted by atomic mass is 32.1. The Morgan fingerprint density at radius 3 is 2.08 bits per heavy atom. The molecular weight excluding hydrogens is 314 g/mol. The minimum atomic E-state index is 0.404. The van der Waals surface area contributed by atoms with Crippen LogP contribution in [0.3, 0.4) is 0 Å². The average molecular weight is 342 g/mol. The third-order valence-electron chi connectivity index (χ3n) is 4.08. The lowest BCUT2D eigenvalue weighted by Gasteiger charge is -2.25. The molecule has 2 N–H and O–H groups in total. The molecule has 24 heavy (non-hydrogen) atoms. The molecule has 0 saturated carbocycles. The quantitative estimate of drug-likeness (QED) is 0.722. The van der Waals surface area contributed by atoms with Gasteiger partial charge in [-0.25, -0.2) is 0 Å². The van der Waals surface area contributed by atoms with Crippen molar-refractivity contribution in [3.8, 4) is 0 Å². The van der Waals surface area contributed by atoms with Gasteiger partial charge in [0, 0.05) is 19.1 Å². The molecule has 0 aliphatic heterocycles. The molecule has 0 heterocycles. The first-order valence-electron chi connectivity index (χ1n) is 8.41. The largest absolute Gasteiger partial charge is 0.362 e. The highest BCUT2D eigenvalue weighted by Crippen LogP contribution is 2.06. The molecule has 2 aromatic rings. The smallest absolute Gasteiger partial charge is 0.166 e. The summed E-state index contributed by atoms with van der Waals surface area (Å²) in [5.74, 6) is 0. The second kappa shape index (κ2) is 10.1. The molecule has 2 aromatic carbocycles. The summed E-state index contributed by atoms with van der Waals surface area (Å²) < 4.78 is 0. The summed E-state index contributed by atoms with van der Waals surface area (Å²) in [4.78, 5) is 2.24. The van der Waals surface area contributed by atoms with Crippen molar-refractivity contribution in [1.29, 1.82) is 0 Å². The van der Waals surface area contributed by atoms with Crippen molar-refractivity contribution in [3.05, 3.63) is 71.8 Å². The van der Waals surface area contributed by atoms with Gasteiger partial charge in [-0.2, -0.15) is 0 Å². The lowest BCUT2D eigenvalue weighted by Crippen LogP contribution is -2.45. The van der Waals surface area contributed by atoms with E-state index >= 15 is 0 Å². The van der Waals surface area contributed by atoms with Crippen molar-refractivity contribution in [3.63, 3.8) is 0 Å². The first kappa shape index (κ1) is 18.4. The SMILES string of the molecule is CN(C)[C@H](CNC(=S)NCCc1ccccc1)Cc1ccccc1. The lowest BCUT2D eigenvalue weighted by atomic mass is 10.1. The Bertz CT molecular complexity index is 599. The third kappa shape index (κ3) is 6.69. The molecule has 0 bridgehead atoms. The fourth-order valence-corrected chi connectivity index (χ4v) is 2.75. The molecule has 2 rings (SSSR count). The molecule has 4 heteroatoms. The predicted octanol–water partition coefficient (Wildman–Crippen LogP) is 2.87. The second-order valence-corrected chi connectivity index (χ2v) is 6.59. The summed E-state index contributed by atoms with van der Waals surface area (Å²) in [5.41, 5.74) is 2.67. The molecule has 0 aliphatic carbocycles. The van der Waals surface area contributed by atoms with Gasteiger partial charge in [0.25, 0.3) is 0 Å². The number of thiocarbonyl (C=S) groups is 1. The molecule has 0 radical (unpaired) electrons. The van der Waals surface area contributed by atoms with Gasteiger partial charge in [0.15, 0.2) is 5.11 Å². The number of rotatable bonds is 8. The Kier molecular flexibility index (Phi) is 7.72. The molecule has 0 fully saturated rings. The van der Waals surface area contributed by atoms with Crippen LogP contribution in [0.5, 0.6) is 0 Å². The van der Waals surface area contributed by atoms with Crippen LogP contribution >= 0.6 is 12.2 Å². The van der Waals surface area contributed by atoms with E-state index in [1.54, 1.807) is 0 Å². The van der Waals surface area contributed by atoms with Gasteiger partial charge in [0.1, 0.15) is 0 Å². The molecule has 0 saturated heterocycles. The van der Waals surface area contributed by atoms with Gasteiger partial charge in [0.05, 0.1) is 0 Å². The normalized spacial score (nSPS) is 12.0. The molecule has 0 unspecified atom stereocenters. The zero-order valence-corrected chi connectivity index (χ0v) is 15.4. The van der Waals surface area contributed by atoms with Gasteiger partial charge in [-0.3, -0.25) is 0 Å². The van der Waals surface area contributed by atoms with Gasteiger partial charge in [0.2, 0.25) is 0 Å². The van der Waals surface area contributed by atoms with Crippen LogP contribution in [0.25, 0.3) is 0 Å². The Labute approximate surface area is 151 Å². The average Bonchev–Trinajstić information content (AvgIpc) is 2.60. The molecular formula is C20H27N3S. The predicted molar refractivity (Wildman–Crippen MR) is 106 cm³/mol. The number of nitrogens with zero attached hydrogens (tertiary/aromatic N) is 1. The van der Waals surface area contributed by atoms with Crippen molar-refractivity contribution in [1.82, 2.24) is 15.5 Å². The summed E-state index contributed by atoms with van der Waals surface area (Å²) in [7, 11) is 4.22. The number of benzene rings is 2. The van der Waals surface area contributed by atoms with Gasteiger partial charge in [-0.15, -0.1) is 0 Å². The van der Waals surface area contributed by atoms with Crippen LogP contribution in [0.15, 0.2) is 60.7 Å². The maximum atomic E-state index is 5.40. The Morgan fingerprint density at radius 1 is 0.917 bits per heavy atom. The summed E-state index contributed by atoms with van der Waals surface area (Å²) in [6.45, 7) is 1.68. The van der Waals surface area contributed by atoms with Crippen LogP contribution < -0.4 is 10.6 Å². The maximum absolute atomic E-state index is 5.40. The molecule has 128 valence electrons. The Balaban J connectivity index is 1.72. The first-order chi connectivity index (χ1) is 11.6. The van der Waals surface area contributed by atoms with E-state index in [0.717, 1.165) is 31.0 Å². The van der Waals surface area contributed by atoms with Gasteiger partial charge in [-0.05, 0) is 50.3 Å². The molecule has 1 atom stereocenters. The van der Waals surface area contributed by atoms with Gasteiger partial charge >= 0.3 is 0 Å². The Morgan fingerprint density at radius 2 is 1.50 bits per heavy atom. The van der Waals surface area contributed by atoms with Crippen LogP contribution in [0.4, 0.5) is 0 Å². The standard InChI is InChI=1S/C20H27N3S/c1-23(2)19(15-18-11-7-4-8-12-18)16-22-20(24)21-14-13-17-9-5-3-6-10-17/h3-12,19H,13-16H2,1-2H3,(H2,21,22,24)/t19-/m0/s1. The minimum absolute atomic E-state index is 0.404. The van der Waals surface area contributed by atoms with E-state index < -0.39 is 0 Å². The third-order valence-corrected chi connectivity index (χ3v) is 4.37. The lowest BCUT2D eigenvalue weighted by molar-refractivity contribution is 0.291. The first-order valence-corrected chi connectivity index (χ1v) is 8.82. The van der Waals surface area contributed by atoms with E-state index in [4.69, 9.17) is 12.2 Å². The summed E-state index contributed by atoms with van der Waals surface area (Å²) in [5, 5.41) is 7.37. The molecule has 3 nitrogen and oxygen atoms in total. The molecule has 0 spiro atoms. The fraction of sp³-hybridized carbons (Fsp3) is 0.350. The van der Waals surface area contributed by atoms with E-state index in [-0.39, 0.29) is 0 Å². The van der Waals surface area contributed by atoms with Crippen molar-refractivity contribution < 1.29 is 0 Å². The molecule has 0 amide bonds. The highest BCUT2D eigenvalue weighted by Gasteiger charge is 2.12. The maximum Gasteiger partial charge on any atom is 0.166 e. The summed E-state index contributed by atoms with van der Waals surface area (Å²) in [6, 6.07) is 21.4. The van der Waals surface area contributed by atoms with Crippen LogP contribution in [0.2, 0.25) is 0 Å². The fourth-order valence-electron chi connectivity index (χ4n) is 2.56. The zero-order valence-electron chi connectivity index (χ0n) is 14.5. The Hall–Kier alpha value is -1.91. The van der Waals surface area contributed by atoms with E-state index in [1.165, 1.54) is 11.1 Å². The highest BCUT2D eigenvalue weighted by molar-refractivity contribution is 7.80. The zero-order chi connectivity index (χ0) is 17.2. The van der Waals surface area contributed by atoms with Crippen molar-refractivity contribution in [2.24, 2.45) is 0 Å². The van der Waals surface area contributed by atoms with E-state index in [1.807, 2.05) is 6.07 Å². The van der Waals surface area contributed by atoms with Crippen LogP contribution in [0, 0.1) is 0 Å². The molecule has 0 aromatic heterocycles. The van der Waals surface area contributed by atoms with E-state index in [0.29, 0.717) is 6.04 Å². The summed E-state index contributed by atoms with van der Waals surface area (Å²) in [6.07, 6.45) is 1.98. The number of likely N-dealkylation sites (N-methyl/N-ethyl adjacent to an activating group) is 1. The number of hydrogen-bond acceptors (Lipinski definition) is 2.